The van der Waals surface area contributed by atoms with E-state index in [1.165, 1.54) is 12.3 Å². The fourth-order valence-electron chi connectivity index (χ4n) is 0.716. The molecule has 1 atom stereocenters. The van der Waals surface area contributed by atoms with E-state index in [-0.39, 0.29) is 12.4 Å². The minimum absolute atomic E-state index is 0. The quantitative estimate of drug-likeness (QED) is 0.751. The van der Waals surface area contributed by atoms with Crippen LogP contribution >= 0.6 is 12.4 Å². The fraction of sp³-hybridized carbons (Fsp3) is 0.143. The van der Waals surface area contributed by atoms with E-state index in [2.05, 4.69) is 4.98 Å². The van der Waals surface area contributed by atoms with Gasteiger partial charge in [-0.25, -0.2) is 9.18 Å². The van der Waals surface area contributed by atoms with Gasteiger partial charge < -0.3 is 10.2 Å². The van der Waals surface area contributed by atoms with Gasteiger partial charge in [-0.15, -0.1) is 12.4 Å². The molecule has 4 nitrogen and oxygen atoms in total. The molecule has 0 bridgehead atoms. The number of aromatic nitrogens is 1. The molecule has 0 aliphatic carbocycles. The Labute approximate surface area is 79.4 Å². The highest BCUT2D eigenvalue weighted by Gasteiger charge is 2.20. The van der Waals surface area contributed by atoms with Crippen molar-refractivity contribution in [2.24, 2.45) is 0 Å². The number of hydrogen-bond acceptors (Lipinski definition) is 3. The van der Waals surface area contributed by atoms with E-state index in [9.17, 15) is 9.18 Å². The summed E-state index contributed by atoms with van der Waals surface area (Å²) >= 11 is 0. The highest BCUT2D eigenvalue weighted by Crippen LogP contribution is 2.12. The van der Waals surface area contributed by atoms with E-state index < -0.39 is 23.6 Å². The average Bonchev–Trinajstić information content (AvgIpc) is 2.04. The zero-order chi connectivity index (χ0) is 9.14. The molecule has 1 aromatic rings. The maximum atomic E-state index is 12.7. The standard InChI is InChI=1S/C7H6FNO3.ClH/c8-4-2-1-3-9-5(4)6(10)7(11)12;/h1-3,6,10H,(H,11,12);1H. The number of aliphatic hydroxyl groups is 1. The number of hydrogen-bond donors (Lipinski definition) is 2. The number of carboxylic acid groups (broad SMARTS) is 1. The van der Waals surface area contributed by atoms with Crippen molar-refractivity contribution in [2.75, 3.05) is 0 Å². The Balaban J connectivity index is 0.00000144. The third-order valence-electron chi connectivity index (χ3n) is 1.28. The molecule has 1 aromatic heterocycles. The minimum atomic E-state index is -1.90. The van der Waals surface area contributed by atoms with Gasteiger partial charge in [0, 0.05) is 6.20 Å². The molecular formula is C7H7ClFNO3. The number of aliphatic carboxylic acids is 1. The summed E-state index contributed by atoms with van der Waals surface area (Å²) in [7, 11) is 0. The van der Waals surface area contributed by atoms with E-state index >= 15 is 0 Å². The lowest BCUT2D eigenvalue weighted by Gasteiger charge is -2.04. The Bertz CT molecular complexity index is 308. The summed E-state index contributed by atoms with van der Waals surface area (Å²) in [6, 6.07) is 2.35. The van der Waals surface area contributed by atoms with Gasteiger partial charge >= 0.3 is 5.97 Å². The molecule has 0 spiro atoms. The van der Waals surface area contributed by atoms with Crippen molar-refractivity contribution in [2.45, 2.75) is 6.10 Å². The molecule has 1 heterocycles. The first kappa shape index (κ1) is 11.8. The van der Waals surface area contributed by atoms with Crippen LogP contribution in [0.3, 0.4) is 0 Å². The summed E-state index contributed by atoms with van der Waals surface area (Å²) in [5.74, 6) is -2.35. The SMILES string of the molecule is Cl.O=C(O)C(O)c1ncccc1F. The second-order valence-corrected chi connectivity index (χ2v) is 2.11. The molecule has 0 radical (unpaired) electrons. The molecule has 72 valence electrons. The number of carboxylic acids is 1. The molecule has 2 N–H and O–H groups in total. The monoisotopic (exact) mass is 207 g/mol. The Hall–Kier alpha value is -1.20. The van der Waals surface area contributed by atoms with Crippen LogP contribution in [-0.2, 0) is 4.79 Å². The van der Waals surface area contributed by atoms with E-state index in [0.29, 0.717) is 0 Å². The van der Waals surface area contributed by atoms with Crippen LogP contribution < -0.4 is 0 Å². The molecule has 0 fully saturated rings. The normalized spacial score (nSPS) is 11.5. The first-order valence-corrected chi connectivity index (χ1v) is 3.14. The van der Waals surface area contributed by atoms with E-state index in [4.69, 9.17) is 10.2 Å². The van der Waals surface area contributed by atoms with Crippen LogP contribution in [0.1, 0.15) is 11.8 Å². The van der Waals surface area contributed by atoms with Crippen molar-refractivity contribution in [3.8, 4) is 0 Å². The maximum Gasteiger partial charge on any atom is 0.338 e. The first-order valence-electron chi connectivity index (χ1n) is 3.14. The number of carbonyl (C=O) groups is 1. The van der Waals surface area contributed by atoms with Gasteiger partial charge in [-0.1, -0.05) is 0 Å². The number of nitrogens with zero attached hydrogens (tertiary/aromatic N) is 1. The lowest BCUT2D eigenvalue weighted by atomic mass is 10.2. The molecule has 1 unspecified atom stereocenters. The van der Waals surface area contributed by atoms with Crippen molar-refractivity contribution in [1.29, 1.82) is 0 Å². The zero-order valence-electron chi connectivity index (χ0n) is 6.35. The van der Waals surface area contributed by atoms with Crippen molar-refractivity contribution in [3.05, 3.63) is 29.8 Å². The zero-order valence-corrected chi connectivity index (χ0v) is 7.16. The topological polar surface area (TPSA) is 70.4 Å². The van der Waals surface area contributed by atoms with Crippen molar-refractivity contribution in [3.63, 3.8) is 0 Å². The van der Waals surface area contributed by atoms with E-state index in [1.54, 1.807) is 0 Å². The second-order valence-electron chi connectivity index (χ2n) is 2.11. The molecule has 0 aliphatic heterocycles. The van der Waals surface area contributed by atoms with Gasteiger partial charge in [-0.2, -0.15) is 0 Å². The predicted molar refractivity (Wildman–Crippen MR) is 44.0 cm³/mol. The molecular weight excluding hydrogens is 201 g/mol. The number of halogens is 2. The van der Waals surface area contributed by atoms with Crippen molar-refractivity contribution >= 4 is 18.4 Å². The summed E-state index contributed by atoms with van der Waals surface area (Å²) in [5.41, 5.74) is -0.468. The molecule has 0 saturated heterocycles. The number of pyridine rings is 1. The summed E-state index contributed by atoms with van der Waals surface area (Å²) in [5, 5.41) is 17.2. The highest BCUT2D eigenvalue weighted by atomic mass is 35.5. The molecule has 0 saturated carbocycles. The van der Waals surface area contributed by atoms with Crippen molar-refractivity contribution in [1.82, 2.24) is 4.98 Å². The Morgan fingerprint density at radius 2 is 2.23 bits per heavy atom. The molecule has 1 rings (SSSR count). The van der Waals surface area contributed by atoms with Crippen molar-refractivity contribution < 1.29 is 19.4 Å². The number of rotatable bonds is 2. The van der Waals surface area contributed by atoms with Crippen LogP contribution in [0, 0.1) is 5.82 Å². The molecule has 0 aromatic carbocycles. The van der Waals surface area contributed by atoms with Gasteiger partial charge in [0.25, 0.3) is 0 Å². The highest BCUT2D eigenvalue weighted by molar-refractivity contribution is 5.85. The largest absolute Gasteiger partial charge is 0.479 e. The lowest BCUT2D eigenvalue weighted by Crippen LogP contribution is -2.13. The van der Waals surface area contributed by atoms with Gasteiger partial charge in [0.1, 0.15) is 11.5 Å². The number of aliphatic hydroxyl groups excluding tert-OH is 1. The molecule has 0 amide bonds. The summed E-state index contributed by atoms with van der Waals surface area (Å²) < 4.78 is 12.7. The third-order valence-corrected chi connectivity index (χ3v) is 1.28. The van der Waals surface area contributed by atoms with Gasteiger partial charge in [-0.05, 0) is 12.1 Å². The minimum Gasteiger partial charge on any atom is -0.479 e. The molecule has 13 heavy (non-hydrogen) atoms. The smallest absolute Gasteiger partial charge is 0.338 e. The van der Waals surface area contributed by atoms with Gasteiger partial charge in [0.15, 0.2) is 6.10 Å². The lowest BCUT2D eigenvalue weighted by molar-refractivity contribution is -0.147. The summed E-state index contributed by atoms with van der Waals surface area (Å²) in [6.45, 7) is 0. The Morgan fingerprint density at radius 1 is 1.62 bits per heavy atom. The van der Waals surface area contributed by atoms with Gasteiger partial charge in [0.05, 0.1) is 0 Å². The summed E-state index contributed by atoms with van der Waals surface area (Å²) in [6.07, 6.45) is -0.684. The van der Waals surface area contributed by atoms with Crippen LogP contribution in [0.4, 0.5) is 4.39 Å². The second kappa shape index (κ2) is 4.74. The van der Waals surface area contributed by atoms with Crippen LogP contribution in [0.2, 0.25) is 0 Å². The summed E-state index contributed by atoms with van der Waals surface area (Å²) in [4.78, 5) is 13.6. The van der Waals surface area contributed by atoms with Gasteiger partial charge in [-0.3, -0.25) is 4.98 Å². The fourth-order valence-corrected chi connectivity index (χ4v) is 0.716. The molecule has 0 aliphatic rings. The molecule has 6 heteroatoms. The maximum absolute atomic E-state index is 12.7. The predicted octanol–water partition coefficient (Wildman–Crippen LogP) is 0.760. The van der Waals surface area contributed by atoms with Gasteiger partial charge in [0.2, 0.25) is 0 Å². The first-order chi connectivity index (χ1) is 5.63. The van der Waals surface area contributed by atoms with Crippen LogP contribution in [0.25, 0.3) is 0 Å². The van der Waals surface area contributed by atoms with Crippen LogP contribution in [0.5, 0.6) is 0 Å². The third kappa shape index (κ3) is 2.64. The van der Waals surface area contributed by atoms with E-state index in [0.717, 1.165) is 6.07 Å². The Morgan fingerprint density at radius 3 is 2.69 bits per heavy atom. The Kier molecular flexibility index (Phi) is 4.30. The van der Waals surface area contributed by atoms with Crippen LogP contribution in [-0.4, -0.2) is 21.2 Å². The van der Waals surface area contributed by atoms with Crippen LogP contribution in [0.15, 0.2) is 18.3 Å². The van der Waals surface area contributed by atoms with E-state index in [1.807, 2.05) is 0 Å². The average molecular weight is 208 g/mol.